The first-order valence-electron chi connectivity index (χ1n) is 12.7. The molecule has 5 rings (SSSR count). The largest absolute Gasteiger partial charge is 0.444 e. The third kappa shape index (κ3) is 5.21. The Hall–Kier alpha value is -4.12. The van der Waals surface area contributed by atoms with Crippen LogP contribution < -0.4 is 5.32 Å². The van der Waals surface area contributed by atoms with E-state index >= 15 is 0 Å². The van der Waals surface area contributed by atoms with Crippen LogP contribution in [0.1, 0.15) is 56.5 Å². The molecular weight excluding hydrogens is 464 g/mol. The summed E-state index contributed by atoms with van der Waals surface area (Å²) in [7, 11) is 0. The molecule has 0 spiro atoms. The van der Waals surface area contributed by atoms with Crippen molar-refractivity contribution in [2.75, 3.05) is 18.4 Å². The van der Waals surface area contributed by atoms with Crippen LogP contribution in [0.5, 0.6) is 0 Å². The van der Waals surface area contributed by atoms with Gasteiger partial charge in [-0.05, 0) is 75.4 Å². The Kier molecular flexibility index (Phi) is 6.46. The fourth-order valence-corrected chi connectivity index (χ4v) is 4.97. The van der Waals surface area contributed by atoms with Crippen LogP contribution in [0.2, 0.25) is 0 Å². The van der Waals surface area contributed by atoms with Crippen LogP contribution in [0, 0.1) is 13.5 Å². The highest BCUT2D eigenvalue weighted by Gasteiger charge is 2.27. The molecule has 1 amide bonds. The van der Waals surface area contributed by atoms with Crippen LogP contribution in [0.4, 0.5) is 16.2 Å². The molecule has 3 aromatic rings. The maximum Gasteiger partial charge on any atom is 0.410 e. The van der Waals surface area contributed by atoms with E-state index in [4.69, 9.17) is 11.3 Å². The second kappa shape index (κ2) is 9.74. The topological polar surface area (TPSA) is 76.6 Å². The van der Waals surface area contributed by atoms with Crippen LogP contribution in [0.25, 0.3) is 21.7 Å². The van der Waals surface area contributed by atoms with Gasteiger partial charge in [-0.25, -0.2) is 14.3 Å². The molecule has 1 unspecified atom stereocenters. The van der Waals surface area contributed by atoms with Gasteiger partial charge in [0.2, 0.25) is 0 Å². The molecule has 0 radical (unpaired) electrons. The number of carbonyl (C=O) groups is 1. The third-order valence-electron chi connectivity index (χ3n) is 6.78. The minimum atomic E-state index is -0.504. The highest BCUT2D eigenvalue weighted by atomic mass is 16.6. The maximum atomic E-state index is 12.5. The third-order valence-corrected chi connectivity index (χ3v) is 6.78. The summed E-state index contributed by atoms with van der Waals surface area (Å²) in [6.45, 7) is 16.8. The number of benzene rings is 2. The highest BCUT2D eigenvalue weighted by molar-refractivity contribution is 5.76. The van der Waals surface area contributed by atoms with Crippen molar-refractivity contribution in [3.8, 4) is 11.3 Å². The van der Waals surface area contributed by atoms with Crippen molar-refractivity contribution in [3.63, 3.8) is 0 Å². The number of anilines is 1. The van der Waals surface area contributed by atoms with E-state index in [0.717, 1.165) is 47.6 Å². The molecule has 1 atom stereocenters. The number of fused-ring (bicyclic) bond motifs is 3. The van der Waals surface area contributed by atoms with E-state index in [1.807, 2.05) is 56.6 Å². The summed E-state index contributed by atoms with van der Waals surface area (Å²) in [5.41, 5.74) is 7.80. The van der Waals surface area contributed by atoms with Crippen molar-refractivity contribution < 1.29 is 9.53 Å². The number of rotatable bonds is 3. The molecule has 2 aliphatic heterocycles. The van der Waals surface area contributed by atoms with Gasteiger partial charge in [0, 0.05) is 30.9 Å². The lowest BCUT2D eigenvalue weighted by atomic mass is 9.90. The zero-order valence-electron chi connectivity index (χ0n) is 21.8. The summed E-state index contributed by atoms with van der Waals surface area (Å²) in [4.78, 5) is 17.8. The summed E-state index contributed by atoms with van der Waals surface area (Å²) in [6, 6.07) is 14.3. The minimum absolute atomic E-state index is 0.0669. The van der Waals surface area contributed by atoms with Gasteiger partial charge in [-0.2, -0.15) is 0 Å². The molecule has 190 valence electrons. The smallest absolute Gasteiger partial charge is 0.410 e. The average Bonchev–Trinajstić information content (AvgIpc) is 3.17. The number of amides is 1. The predicted molar refractivity (Wildman–Crippen MR) is 144 cm³/mol. The lowest BCUT2D eigenvalue weighted by Gasteiger charge is -2.30. The molecular formula is C29H32N6O2. The molecule has 2 aliphatic rings. The molecule has 1 aromatic heterocycles. The van der Waals surface area contributed by atoms with E-state index in [2.05, 4.69) is 44.7 Å². The van der Waals surface area contributed by atoms with Gasteiger partial charge in [0.25, 0.3) is 0 Å². The first-order valence-corrected chi connectivity index (χ1v) is 12.7. The van der Waals surface area contributed by atoms with Gasteiger partial charge in [-0.1, -0.05) is 35.6 Å². The fraction of sp³-hybridized carbons (Fsp3) is 0.379. The van der Waals surface area contributed by atoms with E-state index in [-0.39, 0.29) is 12.1 Å². The molecule has 8 heteroatoms. The van der Waals surface area contributed by atoms with Gasteiger partial charge in [0.05, 0.1) is 24.0 Å². The summed E-state index contributed by atoms with van der Waals surface area (Å²) < 4.78 is 7.54. The first kappa shape index (κ1) is 24.6. The van der Waals surface area contributed by atoms with Crippen molar-refractivity contribution in [2.24, 2.45) is 0 Å². The lowest BCUT2D eigenvalue weighted by Crippen LogP contribution is -2.39. The van der Waals surface area contributed by atoms with Crippen LogP contribution >= 0.6 is 0 Å². The molecule has 3 heterocycles. The Morgan fingerprint density at radius 2 is 1.95 bits per heavy atom. The zero-order valence-corrected chi connectivity index (χ0v) is 21.8. The van der Waals surface area contributed by atoms with Crippen molar-refractivity contribution in [1.82, 2.24) is 19.9 Å². The molecule has 0 fully saturated rings. The summed E-state index contributed by atoms with van der Waals surface area (Å²) in [6.07, 6.45) is 3.48. The molecule has 2 aromatic carbocycles. The SMILES string of the molecule is [C-]#[N+]c1ccc(NC2CCn3nnc(C)c3-c3ccc(C4=CCN(C(=O)OC(C)(C)C)CC4)cc32)cc1. The Labute approximate surface area is 217 Å². The number of nitrogens with one attached hydrogen (secondary N) is 1. The van der Waals surface area contributed by atoms with Crippen molar-refractivity contribution in [2.45, 2.75) is 58.7 Å². The standard InChI is InChI=1S/C29H32N6O2/c1-19-27-24-11-6-21(20-12-15-34(16-13-20)28(36)37-29(2,3)4)18-25(24)26(14-17-35(27)33-32-19)31-23-9-7-22(30-5)8-10-23/h6-12,18,26,31H,13-17H2,1-4H3. The summed E-state index contributed by atoms with van der Waals surface area (Å²) in [5.74, 6) is 0. The van der Waals surface area contributed by atoms with Gasteiger partial charge >= 0.3 is 6.09 Å². The first-order chi connectivity index (χ1) is 17.7. The van der Waals surface area contributed by atoms with Gasteiger partial charge in [0.1, 0.15) is 5.60 Å². The van der Waals surface area contributed by atoms with Gasteiger partial charge in [0.15, 0.2) is 5.69 Å². The maximum absolute atomic E-state index is 12.5. The molecule has 0 aliphatic carbocycles. The molecule has 1 N–H and O–H groups in total. The number of carbonyl (C=O) groups excluding carboxylic acids is 1. The van der Waals surface area contributed by atoms with Gasteiger partial charge in [-0.3, -0.25) is 0 Å². The van der Waals surface area contributed by atoms with E-state index in [1.165, 1.54) is 11.1 Å². The highest BCUT2D eigenvalue weighted by Crippen LogP contribution is 2.39. The Morgan fingerprint density at radius 3 is 2.62 bits per heavy atom. The Morgan fingerprint density at radius 1 is 1.16 bits per heavy atom. The van der Waals surface area contributed by atoms with E-state index in [0.29, 0.717) is 18.8 Å². The van der Waals surface area contributed by atoms with Crippen molar-refractivity contribution in [1.29, 1.82) is 0 Å². The van der Waals surface area contributed by atoms with E-state index < -0.39 is 5.60 Å². The summed E-state index contributed by atoms with van der Waals surface area (Å²) >= 11 is 0. The van der Waals surface area contributed by atoms with Crippen molar-refractivity contribution in [3.05, 3.63) is 76.8 Å². The number of aromatic nitrogens is 3. The average molecular weight is 497 g/mol. The number of nitrogens with zero attached hydrogens (tertiary/aromatic N) is 5. The van der Waals surface area contributed by atoms with Crippen LogP contribution in [-0.2, 0) is 11.3 Å². The second-order valence-electron chi connectivity index (χ2n) is 10.6. The number of aryl methyl sites for hydroxylation is 2. The normalized spacial score (nSPS) is 17.1. The quantitative estimate of drug-likeness (QED) is 0.426. The number of hydrogen-bond acceptors (Lipinski definition) is 5. The lowest BCUT2D eigenvalue weighted by molar-refractivity contribution is 0.0270. The van der Waals surface area contributed by atoms with E-state index in [9.17, 15) is 4.79 Å². The Balaban J connectivity index is 1.46. The molecule has 0 saturated carbocycles. The molecule has 37 heavy (non-hydrogen) atoms. The number of hydrogen-bond donors (Lipinski definition) is 1. The minimum Gasteiger partial charge on any atom is -0.444 e. The Bertz CT molecular complexity index is 1390. The molecule has 0 bridgehead atoms. The number of ether oxygens (including phenoxy) is 1. The second-order valence-corrected chi connectivity index (χ2v) is 10.6. The van der Waals surface area contributed by atoms with Crippen LogP contribution in [0.3, 0.4) is 0 Å². The van der Waals surface area contributed by atoms with Crippen LogP contribution in [0.15, 0.2) is 48.5 Å². The van der Waals surface area contributed by atoms with Crippen molar-refractivity contribution >= 4 is 23.0 Å². The predicted octanol–water partition coefficient (Wildman–Crippen LogP) is 6.39. The summed E-state index contributed by atoms with van der Waals surface area (Å²) in [5, 5.41) is 12.4. The van der Waals surface area contributed by atoms with E-state index in [1.54, 1.807) is 4.90 Å². The molecule has 0 saturated heterocycles. The van der Waals surface area contributed by atoms with Gasteiger partial charge < -0.3 is 15.0 Å². The fourth-order valence-electron chi connectivity index (χ4n) is 4.97. The van der Waals surface area contributed by atoms with Gasteiger partial charge in [-0.15, -0.1) is 5.10 Å². The zero-order chi connectivity index (χ0) is 26.2. The monoisotopic (exact) mass is 496 g/mol. The van der Waals surface area contributed by atoms with Crippen LogP contribution in [-0.4, -0.2) is 44.7 Å². The molecule has 8 nitrogen and oxygen atoms in total.